The fraction of sp³-hybridized carbons (Fsp3) is 0.571. The van der Waals surface area contributed by atoms with Crippen molar-refractivity contribution >= 4 is 10.0 Å². The average molecular weight is 300 g/mol. The molecule has 6 heteroatoms. The lowest BCUT2D eigenvalue weighted by molar-refractivity contribution is 0.0834. The van der Waals surface area contributed by atoms with Crippen LogP contribution in [-0.2, 0) is 27.7 Å². The number of rotatable bonds is 8. The normalized spacial score (nSPS) is 12.1. The van der Waals surface area contributed by atoms with Crippen molar-refractivity contribution in [3.63, 3.8) is 0 Å². The van der Waals surface area contributed by atoms with E-state index in [-0.39, 0.29) is 17.5 Å². The number of sulfonamides is 1. The largest absolute Gasteiger partial charge is 0.377 e. The highest BCUT2D eigenvalue weighted by Crippen LogP contribution is 2.16. The minimum atomic E-state index is -3.50. The van der Waals surface area contributed by atoms with Gasteiger partial charge in [-0.05, 0) is 43.5 Å². The Balaban J connectivity index is 2.77. The molecule has 0 aliphatic rings. The maximum absolute atomic E-state index is 12.1. The second-order valence-corrected chi connectivity index (χ2v) is 6.57. The van der Waals surface area contributed by atoms with E-state index in [0.717, 1.165) is 17.5 Å². The first-order valence-electron chi connectivity index (χ1n) is 6.83. The van der Waals surface area contributed by atoms with Gasteiger partial charge in [0.05, 0.1) is 17.6 Å². The number of benzene rings is 1. The maximum Gasteiger partial charge on any atom is 0.240 e. The van der Waals surface area contributed by atoms with Crippen LogP contribution in [0.3, 0.4) is 0 Å². The lowest BCUT2D eigenvalue weighted by atomic mass is 10.1. The second kappa shape index (κ2) is 7.73. The summed E-state index contributed by atoms with van der Waals surface area (Å²) in [6, 6.07) is 5.08. The minimum absolute atomic E-state index is 0.0900. The molecule has 0 aliphatic heterocycles. The van der Waals surface area contributed by atoms with Crippen molar-refractivity contribution in [2.45, 2.75) is 44.7 Å². The number of hydrogen-bond donors (Lipinski definition) is 2. The lowest BCUT2D eigenvalue weighted by Gasteiger charge is -2.11. The van der Waals surface area contributed by atoms with E-state index in [2.05, 4.69) is 4.72 Å². The molecule has 5 nitrogen and oxygen atoms in total. The summed E-state index contributed by atoms with van der Waals surface area (Å²) in [7, 11) is -3.50. The molecule has 0 bridgehead atoms. The predicted octanol–water partition coefficient (Wildman–Crippen LogP) is 1.41. The van der Waals surface area contributed by atoms with Crippen LogP contribution in [0.1, 0.15) is 31.9 Å². The molecule has 20 heavy (non-hydrogen) atoms. The van der Waals surface area contributed by atoms with Crippen LogP contribution in [0.15, 0.2) is 23.1 Å². The molecule has 114 valence electrons. The monoisotopic (exact) mass is 300 g/mol. The summed E-state index contributed by atoms with van der Waals surface area (Å²) < 4.78 is 32.1. The summed E-state index contributed by atoms with van der Waals surface area (Å²) >= 11 is 0. The molecule has 1 aromatic carbocycles. The van der Waals surface area contributed by atoms with Gasteiger partial charge in [-0.15, -0.1) is 0 Å². The van der Waals surface area contributed by atoms with Crippen molar-refractivity contribution in [2.75, 3.05) is 13.2 Å². The van der Waals surface area contributed by atoms with E-state index in [1.807, 2.05) is 26.8 Å². The van der Waals surface area contributed by atoms with Gasteiger partial charge in [0, 0.05) is 13.1 Å². The van der Waals surface area contributed by atoms with Crippen molar-refractivity contribution in [3.8, 4) is 0 Å². The Hall–Kier alpha value is -0.950. The Bertz CT molecular complexity index is 527. The number of nitrogens with two attached hydrogens (primary N) is 1. The van der Waals surface area contributed by atoms with Crippen LogP contribution < -0.4 is 10.5 Å². The molecule has 0 heterocycles. The van der Waals surface area contributed by atoms with Gasteiger partial charge in [0.15, 0.2) is 0 Å². The zero-order valence-corrected chi connectivity index (χ0v) is 13.2. The molecule has 0 saturated carbocycles. The van der Waals surface area contributed by atoms with E-state index in [9.17, 15) is 8.42 Å². The fourth-order valence-electron chi connectivity index (χ4n) is 1.86. The molecular weight excluding hydrogens is 276 g/mol. The van der Waals surface area contributed by atoms with Crippen LogP contribution in [0.4, 0.5) is 0 Å². The SMILES string of the molecule is CCc1ccc(S(=O)(=O)NCCOC(C)C)cc1CN. The Labute approximate surface area is 121 Å². The Morgan fingerprint density at radius 2 is 2.00 bits per heavy atom. The summed E-state index contributed by atoms with van der Waals surface area (Å²) in [5.41, 5.74) is 7.61. The third-order valence-electron chi connectivity index (χ3n) is 2.93. The van der Waals surface area contributed by atoms with Crippen molar-refractivity contribution in [1.29, 1.82) is 0 Å². The molecule has 0 aromatic heterocycles. The van der Waals surface area contributed by atoms with Gasteiger partial charge in [-0.1, -0.05) is 13.0 Å². The first-order chi connectivity index (χ1) is 9.40. The number of hydrogen-bond acceptors (Lipinski definition) is 4. The van der Waals surface area contributed by atoms with Crippen LogP contribution in [0.2, 0.25) is 0 Å². The number of aryl methyl sites for hydroxylation is 1. The summed E-state index contributed by atoms with van der Waals surface area (Å²) in [4.78, 5) is 0.250. The second-order valence-electron chi connectivity index (χ2n) is 4.81. The molecule has 0 fully saturated rings. The Morgan fingerprint density at radius 3 is 2.55 bits per heavy atom. The molecule has 3 N–H and O–H groups in total. The molecule has 0 radical (unpaired) electrons. The van der Waals surface area contributed by atoms with Crippen LogP contribution in [0.5, 0.6) is 0 Å². The van der Waals surface area contributed by atoms with E-state index in [4.69, 9.17) is 10.5 Å². The van der Waals surface area contributed by atoms with Gasteiger partial charge in [0.1, 0.15) is 0 Å². The van der Waals surface area contributed by atoms with Crippen LogP contribution in [-0.4, -0.2) is 27.7 Å². The van der Waals surface area contributed by atoms with E-state index >= 15 is 0 Å². The van der Waals surface area contributed by atoms with Gasteiger partial charge in [0.25, 0.3) is 0 Å². The van der Waals surface area contributed by atoms with Gasteiger partial charge < -0.3 is 10.5 Å². The van der Waals surface area contributed by atoms with Gasteiger partial charge in [-0.2, -0.15) is 0 Å². The molecule has 1 rings (SSSR count). The standard InChI is InChI=1S/C14H24N2O3S/c1-4-12-5-6-14(9-13(12)10-15)20(17,18)16-7-8-19-11(2)3/h5-6,9,11,16H,4,7-8,10,15H2,1-3H3. The molecule has 0 spiro atoms. The molecule has 0 unspecified atom stereocenters. The first-order valence-corrected chi connectivity index (χ1v) is 8.32. The quantitative estimate of drug-likeness (QED) is 0.711. The van der Waals surface area contributed by atoms with Gasteiger partial charge >= 0.3 is 0 Å². The topological polar surface area (TPSA) is 81.4 Å². The van der Waals surface area contributed by atoms with Gasteiger partial charge in [-0.3, -0.25) is 0 Å². The molecular formula is C14H24N2O3S. The Kier molecular flexibility index (Phi) is 6.61. The van der Waals surface area contributed by atoms with Crippen LogP contribution in [0.25, 0.3) is 0 Å². The third-order valence-corrected chi connectivity index (χ3v) is 4.39. The summed E-state index contributed by atoms with van der Waals surface area (Å²) in [6.45, 7) is 6.78. The highest BCUT2D eigenvalue weighted by atomic mass is 32.2. The van der Waals surface area contributed by atoms with Crippen molar-refractivity contribution in [1.82, 2.24) is 4.72 Å². The zero-order valence-electron chi connectivity index (χ0n) is 12.3. The molecule has 0 aliphatic carbocycles. The van der Waals surface area contributed by atoms with Crippen molar-refractivity contribution in [2.24, 2.45) is 5.73 Å². The number of ether oxygens (including phenoxy) is 1. The molecule has 0 amide bonds. The minimum Gasteiger partial charge on any atom is -0.377 e. The highest BCUT2D eigenvalue weighted by Gasteiger charge is 2.15. The summed E-state index contributed by atoms with van der Waals surface area (Å²) in [5.74, 6) is 0. The maximum atomic E-state index is 12.1. The third kappa shape index (κ3) is 4.86. The predicted molar refractivity (Wildman–Crippen MR) is 80.0 cm³/mol. The molecule has 0 saturated heterocycles. The first kappa shape index (κ1) is 17.1. The summed E-state index contributed by atoms with van der Waals surface area (Å²) in [6.07, 6.45) is 0.926. The fourth-order valence-corrected chi connectivity index (χ4v) is 2.92. The van der Waals surface area contributed by atoms with E-state index < -0.39 is 10.0 Å². The number of nitrogens with one attached hydrogen (secondary N) is 1. The smallest absolute Gasteiger partial charge is 0.240 e. The Morgan fingerprint density at radius 1 is 1.30 bits per heavy atom. The van der Waals surface area contributed by atoms with Gasteiger partial charge in [0.2, 0.25) is 10.0 Å². The van der Waals surface area contributed by atoms with E-state index in [1.165, 1.54) is 0 Å². The summed E-state index contributed by atoms with van der Waals surface area (Å²) in [5, 5.41) is 0. The van der Waals surface area contributed by atoms with Crippen molar-refractivity contribution < 1.29 is 13.2 Å². The van der Waals surface area contributed by atoms with Crippen molar-refractivity contribution in [3.05, 3.63) is 29.3 Å². The molecule has 1 aromatic rings. The zero-order chi connectivity index (χ0) is 15.2. The van der Waals surface area contributed by atoms with E-state index in [1.54, 1.807) is 12.1 Å². The van der Waals surface area contributed by atoms with Gasteiger partial charge in [-0.25, -0.2) is 13.1 Å². The lowest BCUT2D eigenvalue weighted by Crippen LogP contribution is -2.28. The molecule has 0 atom stereocenters. The van der Waals surface area contributed by atoms with E-state index in [0.29, 0.717) is 13.2 Å². The average Bonchev–Trinajstić information content (AvgIpc) is 2.42. The highest BCUT2D eigenvalue weighted by molar-refractivity contribution is 7.89. The van der Waals surface area contributed by atoms with Crippen LogP contribution in [0, 0.1) is 0 Å². The van der Waals surface area contributed by atoms with Crippen LogP contribution >= 0.6 is 0 Å².